The average Bonchev–Trinajstić information content (AvgIpc) is 2.70. The Balaban J connectivity index is 1.85. The van der Waals surface area contributed by atoms with E-state index in [2.05, 4.69) is 10.1 Å². The number of carbonyl (C=O) groups excluding carboxylic acids is 2. The van der Waals surface area contributed by atoms with E-state index in [4.69, 9.17) is 14.2 Å². The van der Waals surface area contributed by atoms with Gasteiger partial charge in [0.05, 0.1) is 7.11 Å². The highest BCUT2D eigenvalue weighted by atomic mass is 16.6. The molecule has 0 unspecified atom stereocenters. The molecular formula is C20H23NO6. The second kappa shape index (κ2) is 10.8. The van der Waals surface area contributed by atoms with Gasteiger partial charge in [-0.05, 0) is 23.3 Å². The molecule has 7 nitrogen and oxygen atoms in total. The van der Waals surface area contributed by atoms with Crippen LogP contribution in [0.2, 0.25) is 0 Å². The zero-order valence-electron chi connectivity index (χ0n) is 15.4. The van der Waals surface area contributed by atoms with Crippen molar-refractivity contribution in [1.29, 1.82) is 0 Å². The number of amides is 1. The van der Waals surface area contributed by atoms with E-state index in [0.29, 0.717) is 18.1 Å². The molecule has 0 radical (unpaired) electrons. The number of carbonyl (C=O) groups is 2. The fraction of sp³-hybridized carbons (Fsp3) is 0.300. The average molecular weight is 373 g/mol. The minimum Gasteiger partial charge on any atom is -0.493 e. The van der Waals surface area contributed by atoms with Crippen LogP contribution < -0.4 is 14.8 Å². The van der Waals surface area contributed by atoms with Crippen molar-refractivity contribution in [2.45, 2.75) is 13.2 Å². The highest BCUT2D eigenvalue weighted by Gasteiger charge is 2.09. The van der Waals surface area contributed by atoms with Gasteiger partial charge in [-0.15, -0.1) is 0 Å². The number of methoxy groups -OCH3 is 2. The molecular weight excluding hydrogens is 350 g/mol. The highest BCUT2D eigenvalue weighted by Crippen LogP contribution is 2.28. The number of nitrogens with one attached hydrogen (secondary N) is 1. The smallest absolute Gasteiger partial charge is 0.332 e. The molecule has 0 aromatic heterocycles. The third-order valence-corrected chi connectivity index (χ3v) is 3.58. The van der Waals surface area contributed by atoms with Gasteiger partial charge in [-0.2, -0.15) is 0 Å². The monoisotopic (exact) mass is 373 g/mol. The Bertz CT molecular complexity index is 747. The Hall–Kier alpha value is -3.06. The van der Waals surface area contributed by atoms with Crippen LogP contribution in [0.1, 0.15) is 11.1 Å². The molecule has 0 bridgehead atoms. The maximum atomic E-state index is 11.7. The topological polar surface area (TPSA) is 83.1 Å². The van der Waals surface area contributed by atoms with E-state index < -0.39 is 11.9 Å². The van der Waals surface area contributed by atoms with Crippen LogP contribution in [-0.2, 0) is 32.2 Å². The molecule has 27 heavy (non-hydrogen) atoms. The summed E-state index contributed by atoms with van der Waals surface area (Å²) in [6, 6.07) is 15.2. The first-order valence-corrected chi connectivity index (χ1v) is 8.37. The van der Waals surface area contributed by atoms with Gasteiger partial charge in [0.25, 0.3) is 5.91 Å². The molecule has 7 heteroatoms. The van der Waals surface area contributed by atoms with E-state index in [-0.39, 0.29) is 19.8 Å². The van der Waals surface area contributed by atoms with Crippen LogP contribution in [0.4, 0.5) is 0 Å². The van der Waals surface area contributed by atoms with E-state index in [1.165, 1.54) is 7.11 Å². The largest absolute Gasteiger partial charge is 0.493 e. The Morgan fingerprint density at radius 3 is 2.41 bits per heavy atom. The lowest BCUT2D eigenvalue weighted by atomic mass is 10.2. The van der Waals surface area contributed by atoms with Crippen molar-refractivity contribution in [3.05, 3.63) is 59.7 Å². The Kier molecular flexibility index (Phi) is 8.12. The van der Waals surface area contributed by atoms with Gasteiger partial charge in [0.1, 0.15) is 13.2 Å². The molecule has 0 heterocycles. The fourth-order valence-electron chi connectivity index (χ4n) is 2.23. The van der Waals surface area contributed by atoms with E-state index in [9.17, 15) is 9.59 Å². The number of esters is 1. The molecule has 1 N–H and O–H groups in total. The van der Waals surface area contributed by atoms with Gasteiger partial charge < -0.3 is 24.3 Å². The van der Waals surface area contributed by atoms with Crippen LogP contribution in [0.3, 0.4) is 0 Å². The number of rotatable bonds is 10. The summed E-state index contributed by atoms with van der Waals surface area (Å²) in [7, 11) is 2.93. The van der Waals surface area contributed by atoms with Gasteiger partial charge in [0.2, 0.25) is 0 Å². The number of hydrogen-bond donors (Lipinski definition) is 1. The summed E-state index contributed by atoms with van der Waals surface area (Å²) in [6.07, 6.45) is 0. The minimum atomic E-state index is -0.589. The summed E-state index contributed by atoms with van der Waals surface area (Å²) in [5, 5.41) is 2.67. The third kappa shape index (κ3) is 6.99. The van der Waals surface area contributed by atoms with Crippen molar-refractivity contribution in [2.24, 2.45) is 0 Å². The lowest BCUT2D eigenvalue weighted by Crippen LogP contribution is -2.29. The van der Waals surface area contributed by atoms with Crippen molar-refractivity contribution in [3.63, 3.8) is 0 Å². The maximum Gasteiger partial charge on any atom is 0.332 e. The zero-order valence-corrected chi connectivity index (χ0v) is 15.4. The molecule has 0 fully saturated rings. The van der Waals surface area contributed by atoms with Gasteiger partial charge in [-0.1, -0.05) is 36.4 Å². The van der Waals surface area contributed by atoms with Gasteiger partial charge in [-0.25, -0.2) is 4.79 Å². The summed E-state index contributed by atoms with van der Waals surface area (Å²) < 4.78 is 20.5. The second-order valence-electron chi connectivity index (χ2n) is 5.63. The van der Waals surface area contributed by atoms with Gasteiger partial charge in [-0.3, -0.25) is 4.79 Å². The molecule has 0 aliphatic rings. The first-order chi connectivity index (χ1) is 13.1. The molecule has 0 atom stereocenters. The van der Waals surface area contributed by atoms with Crippen molar-refractivity contribution in [3.8, 4) is 11.5 Å². The summed E-state index contributed by atoms with van der Waals surface area (Å²) in [5.74, 6) is 0.200. The highest BCUT2D eigenvalue weighted by molar-refractivity contribution is 5.80. The fourth-order valence-corrected chi connectivity index (χ4v) is 2.23. The second-order valence-corrected chi connectivity index (χ2v) is 5.63. The first kappa shape index (κ1) is 20.3. The lowest BCUT2D eigenvalue weighted by molar-refractivity contribution is -0.152. The minimum absolute atomic E-state index is 0.186. The summed E-state index contributed by atoms with van der Waals surface area (Å²) in [5.41, 5.74) is 1.88. The normalized spacial score (nSPS) is 10.1. The molecule has 0 spiro atoms. The van der Waals surface area contributed by atoms with Gasteiger partial charge in [0.15, 0.2) is 18.1 Å². The molecule has 0 saturated carbocycles. The van der Waals surface area contributed by atoms with Crippen molar-refractivity contribution in [2.75, 3.05) is 27.4 Å². The Morgan fingerprint density at radius 2 is 1.70 bits per heavy atom. The molecule has 0 aliphatic carbocycles. The summed E-state index contributed by atoms with van der Waals surface area (Å²) in [4.78, 5) is 22.9. The van der Waals surface area contributed by atoms with Crippen LogP contribution in [-0.4, -0.2) is 39.3 Å². The lowest BCUT2D eigenvalue weighted by Gasteiger charge is -2.13. The van der Waals surface area contributed by atoms with Crippen molar-refractivity contribution in [1.82, 2.24) is 5.32 Å². The summed E-state index contributed by atoms with van der Waals surface area (Å²) >= 11 is 0. The van der Waals surface area contributed by atoms with Crippen LogP contribution in [0.15, 0.2) is 48.5 Å². The molecule has 1 amide bonds. The maximum absolute atomic E-state index is 11.7. The number of benzene rings is 2. The molecule has 2 aromatic carbocycles. The van der Waals surface area contributed by atoms with E-state index in [1.807, 2.05) is 36.4 Å². The first-order valence-electron chi connectivity index (χ1n) is 8.37. The quantitative estimate of drug-likeness (QED) is 0.642. The van der Waals surface area contributed by atoms with Crippen LogP contribution in [0, 0.1) is 0 Å². The molecule has 0 aliphatic heterocycles. The Labute approximate surface area is 158 Å². The molecule has 2 rings (SSSR count). The SMILES string of the molecule is COCC(=O)OCC(=O)NCc1ccc(OCc2ccccc2)c(OC)c1. The number of ether oxygens (including phenoxy) is 4. The van der Waals surface area contributed by atoms with Crippen LogP contribution in [0.25, 0.3) is 0 Å². The van der Waals surface area contributed by atoms with Gasteiger partial charge >= 0.3 is 5.97 Å². The van der Waals surface area contributed by atoms with Crippen LogP contribution >= 0.6 is 0 Å². The predicted molar refractivity (Wildman–Crippen MR) is 98.4 cm³/mol. The van der Waals surface area contributed by atoms with E-state index in [0.717, 1.165) is 11.1 Å². The standard InChI is InChI=1S/C20H23NO6/c1-24-14-20(23)27-13-19(22)21-11-16-8-9-17(18(10-16)25-2)26-12-15-6-4-3-5-7-15/h3-10H,11-14H2,1-2H3,(H,21,22). The van der Waals surface area contributed by atoms with Crippen molar-refractivity contribution < 1.29 is 28.5 Å². The number of hydrogen-bond acceptors (Lipinski definition) is 6. The molecule has 144 valence electrons. The van der Waals surface area contributed by atoms with Gasteiger partial charge in [0, 0.05) is 13.7 Å². The molecule has 2 aromatic rings. The summed E-state index contributed by atoms with van der Waals surface area (Å²) in [6.45, 7) is 0.169. The van der Waals surface area contributed by atoms with E-state index in [1.54, 1.807) is 19.2 Å². The van der Waals surface area contributed by atoms with Crippen molar-refractivity contribution >= 4 is 11.9 Å². The Morgan fingerprint density at radius 1 is 0.926 bits per heavy atom. The third-order valence-electron chi connectivity index (χ3n) is 3.58. The zero-order chi connectivity index (χ0) is 19.5. The van der Waals surface area contributed by atoms with E-state index >= 15 is 0 Å². The molecule has 0 saturated heterocycles. The predicted octanol–water partition coefficient (Wildman–Crippen LogP) is 2.08. The van der Waals surface area contributed by atoms with Crippen LogP contribution in [0.5, 0.6) is 11.5 Å².